The van der Waals surface area contributed by atoms with Crippen LogP contribution in [-0.4, -0.2) is 46.6 Å². The lowest BCUT2D eigenvalue weighted by Crippen LogP contribution is -2.40. The molecular formula is C20H23F3N4O2. The summed E-state index contributed by atoms with van der Waals surface area (Å²) in [6, 6.07) is 5.18. The van der Waals surface area contributed by atoms with Gasteiger partial charge in [0.15, 0.2) is 0 Å². The molecule has 1 amide bonds. The highest BCUT2D eigenvalue weighted by atomic mass is 19.4. The van der Waals surface area contributed by atoms with Gasteiger partial charge in [0, 0.05) is 18.2 Å². The van der Waals surface area contributed by atoms with Gasteiger partial charge in [-0.05, 0) is 37.9 Å². The molecule has 4 rings (SSSR count). The lowest BCUT2D eigenvalue weighted by Gasteiger charge is -2.17. The lowest BCUT2D eigenvalue weighted by molar-refractivity contribution is -0.137. The maximum atomic E-state index is 12.9. The van der Waals surface area contributed by atoms with Crippen molar-refractivity contribution >= 4 is 5.91 Å². The summed E-state index contributed by atoms with van der Waals surface area (Å²) in [5.74, 6) is 0.550. The third-order valence-corrected chi connectivity index (χ3v) is 5.60. The molecule has 0 radical (unpaired) electrons. The van der Waals surface area contributed by atoms with Crippen LogP contribution in [0.2, 0.25) is 0 Å². The average Bonchev–Trinajstić information content (AvgIpc) is 3.42. The predicted octanol–water partition coefficient (Wildman–Crippen LogP) is 3.60. The third-order valence-electron chi connectivity index (χ3n) is 5.60. The van der Waals surface area contributed by atoms with Gasteiger partial charge < -0.3 is 9.84 Å². The second-order valence-electron chi connectivity index (χ2n) is 7.80. The summed E-state index contributed by atoms with van der Waals surface area (Å²) in [5, 5.41) is 6.94. The first kappa shape index (κ1) is 19.9. The molecule has 0 bridgehead atoms. The van der Waals surface area contributed by atoms with Crippen LogP contribution in [0, 0.1) is 0 Å². The Hall–Kier alpha value is -2.42. The molecule has 1 saturated heterocycles. The minimum Gasteiger partial charge on any atom is -0.352 e. The SMILES string of the molecule is O=C(CN1CCC(c2nc(-c3cccc(C(F)(F)F)c3)no2)C1)NC1CCCC1. The molecule has 6 nitrogen and oxygen atoms in total. The van der Waals surface area contributed by atoms with E-state index in [-0.39, 0.29) is 23.2 Å². The summed E-state index contributed by atoms with van der Waals surface area (Å²) in [6.07, 6.45) is 0.780. The number of likely N-dealkylation sites (tertiary alicyclic amines) is 1. The highest BCUT2D eigenvalue weighted by molar-refractivity contribution is 5.78. The van der Waals surface area contributed by atoms with Crippen molar-refractivity contribution in [3.8, 4) is 11.4 Å². The number of amides is 1. The highest BCUT2D eigenvalue weighted by Gasteiger charge is 2.32. The van der Waals surface area contributed by atoms with Gasteiger partial charge in [0.1, 0.15) is 0 Å². The topological polar surface area (TPSA) is 71.3 Å². The van der Waals surface area contributed by atoms with E-state index >= 15 is 0 Å². The number of hydrogen-bond donors (Lipinski definition) is 1. The van der Waals surface area contributed by atoms with Gasteiger partial charge in [-0.3, -0.25) is 9.69 Å². The van der Waals surface area contributed by atoms with Crippen molar-refractivity contribution in [3.05, 3.63) is 35.7 Å². The minimum absolute atomic E-state index is 0.0265. The summed E-state index contributed by atoms with van der Waals surface area (Å²) in [7, 11) is 0. The summed E-state index contributed by atoms with van der Waals surface area (Å²) < 4.78 is 44.0. The zero-order chi connectivity index (χ0) is 20.4. The Morgan fingerprint density at radius 1 is 1.24 bits per heavy atom. The van der Waals surface area contributed by atoms with Crippen LogP contribution in [0.4, 0.5) is 13.2 Å². The van der Waals surface area contributed by atoms with E-state index in [0.717, 1.165) is 37.9 Å². The quantitative estimate of drug-likeness (QED) is 0.819. The summed E-state index contributed by atoms with van der Waals surface area (Å²) in [5.41, 5.74) is -0.484. The van der Waals surface area contributed by atoms with Gasteiger partial charge in [-0.15, -0.1) is 0 Å². The Morgan fingerprint density at radius 2 is 2.03 bits per heavy atom. The van der Waals surface area contributed by atoms with Gasteiger partial charge in [0.25, 0.3) is 0 Å². The first-order chi connectivity index (χ1) is 13.9. The van der Waals surface area contributed by atoms with Gasteiger partial charge in [0.05, 0.1) is 18.0 Å². The van der Waals surface area contributed by atoms with E-state index in [1.807, 2.05) is 4.90 Å². The smallest absolute Gasteiger partial charge is 0.352 e. The second-order valence-corrected chi connectivity index (χ2v) is 7.80. The maximum absolute atomic E-state index is 12.9. The molecule has 29 heavy (non-hydrogen) atoms. The fourth-order valence-corrected chi connectivity index (χ4v) is 4.08. The largest absolute Gasteiger partial charge is 0.416 e. The number of halogens is 3. The molecule has 1 unspecified atom stereocenters. The van der Waals surface area contributed by atoms with E-state index in [1.165, 1.54) is 25.0 Å². The number of aromatic nitrogens is 2. The lowest BCUT2D eigenvalue weighted by atomic mass is 10.1. The normalized spacial score (nSPS) is 21.0. The van der Waals surface area contributed by atoms with Crippen LogP contribution in [0.1, 0.15) is 49.5 Å². The van der Waals surface area contributed by atoms with E-state index in [9.17, 15) is 18.0 Å². The van der Waals surface area contributed by atoms with Crippen LogP contribution in [0.15, 0.2) is 28.8 Å². The Morgan fingerprint density at radius 3 is 2.79 bits per heavy atom. The standard InChI is InChI=1S/C20H23F3N4O2/c21-20(22,23)15-5-3-4-13(10-15)18-25-19(29-26-18)14-8-9-27(11-14)12-17(28)24-16-6-1-2-7-16/h3-5,10,14,16H,1-2,6-9,11-12H2,(H,24,28). The van der Waals surface area contributed by atoms with Gasteiger partial charge in [-0.1, -0.05) is 30.1 Å². The Bertz CT molecular complexity index is 861. The van der Waals surface area contributed by atoms with E-state index in [1.54, 1.807) is 0 Å². The molecule has 1 aromatic carbocycles. The molecule has 156 valence electrons. The molecule has 9 heteroatoms. The zero-order valence-corrected chi connectivity index (χ0v) is 15.9. The number of alkyl halides is 3. The number of hydrogen-bond acceptors (Lipinski definition) is 5. The summed E-state index contributed by atoms with van der Waals surface area (Å²) in [6.45, 7) is 1.69. The maximum Gasteiger partial charge on any atom is 0.416 e. The zero-order valence-electron chi connectivity index (χ0n) is 15.9. The first-order valence-corrected chi connectivity index (χ1v) is 9.91. The van der Waals surface area contributed by atoms with E-state index in [0.29, 0.717) is 25.0 Å². The van der Waals surface area contributed by atoms with Gasteiger partial charge in [-0.25, -0.2) is 0 Å². The van der Waals surface area contributed by atoms with Crippen molar-refractivity contribution < 1.29 is 22.5 Å². The van der Waals surface area contributed by atoms with Crippen LogP contribution in [0.5, 0.6) is 0 Å². The molecule has 2 fully saturated rings. The molecule has 1 aliphatic carbocycles. The third kappa shape index (κ3) is 4.77. The number of rotatable bonds is 5. The van der Waals surface area contributed by atoms with Crippen LogP contribution < -0.4 is 5.32 Å². The number of carbonyl (C=O) groups is 1. The van der Waals surface area contributed by atoms with Crippen LogP contribution in [0.25, 0.3) is 11.4 Å². The summed E-state index contributed by atoms with van der Waals surface area (Å²) in [4.78, 5) is 18.6. The minimum atomic E-state index is -4.42. The molecule has 2 aliphatic rings. The fourth-order valence-electron chi connectivity index (χ4n) is 4.08. The van der Waals surface area contributed by atoms with Crippen molar-refractivity contribution in [2.45, 2.75) is 50.2 Å². The number of nitrogens with zero attached hydrogens (tertiary/aromatic N) is 3. The molecule has 1 atom stereocenters. The summed E-state index contributed by atoms with van der Waals surface area (Å²) >= 11 is 0. The van der Waals surface area contributed by atoms with Gasteiger partial charge in [-0.2, -0.15) is 18.2 Å². The highest BCUT2D eigenvalue weighted by Crippen LogP contribution is 2.32. The number of benzene rings is 1. The average molecular weight is 408 g/mol. The van der Waals surface area contributed by atoms with E-state index in [2.05, 4.69) is 15.5 Å². The predicted molar refractivity (Wildman–Crippen MR) is 98.9 cm³/mol. The molecule has 2 aromatic rings. The first-order valence-electron chi connectivity index (χ1n) is 9.91. The Balaban J connectivity index is 1.36. The van der Waals surface area contributed by atoms with Crippen LogP contribution >= 0.6 is 0 Å². The van der Waals surface area contributed by atoms with Crippen LogP contribution in [-0.2, 0) is 11.0 Å². The Kier molecular flexibility index (Phi) is 5.58. The van der Waals surface area contributed by atoms with Crippen molar-refractivity contribution in [2.75, 3.05) is 19.6 Å². The monoisotopic (exact) mass is 408 g/mol. The second kappa shape index (κ2) is 8.14. The van der Waals surface area contributed by atoms with Crippen LogP contribution in [0.3, 0.4) is 0 Å². The molecular weight excluding hydrogens is 385 g/mol. The molecule has 1 N–H and O–H groups in total. The van der Waals surface area contributed by atoms with Crippen molar-refractivity contribution in [2.24, 2.45) is 0 Å². The molecule has 2 heterocycles. The molecule has 1 aliphatic heterocycles. The molecule has 0 spiro atoms. The van der Waals surface area contributed by atoms with Crippen molar-refractivity contribution in [3.63, 3.8) is 0 Å². The molecule has 1 saturated carbocycles. The van der Waals surface area contributed by atoms with E-state index < -0.39 is 11.7 Å². The van der Waals surface area contributed by atoms with Crippen molar-refractivity contribution in [1.29, 1.82) is 0 Å². The number of carbonyl (C=O) groups excluding carboxylic acids is 1. The Labute approximate surface area is 166 Å². The number of nitrogens with one attached hydrogen (secondary N) is 1. The van der Waals surface area contributed by atoms with Gasteiger partial charge >= 0.3 is 6.18 Å². The van der Waals surface area contributed by atoms with E-state index in [4.69, 9.17) is 4.52 Å². The van der Waals surface area contributed by atoms with Crippen molar-refractivity contribution in [1.82, 2.24) is 20.4 Å². The fraction of sp³-hybridized carbons (Fsp3) is 0.550. The van der Waals surface area contributed by atoms with Gasteiger partial charge in [0.2, 0.25) is 17.6 Å². The molecule has 1 aromatic heterocycles.